The first-order valence-corrected chi connectivity index (χ1v) is 7.21. The van der Waals surface area contributed by atoms with Gasteiger partial charge in [-0.25, -0.2) is 0 Å². The molecule has 1 atom stereocenters. The first-order valence-electron chi connectivity index (χ1n) is 6.22. The molecule has 1 saturated carbocycles. The molecule has 18 heavy (non-hydrogen) atoms. The lowest BCUT2D eigenvalue weighted by Crippen LogP contribution is -2.31. The Morgan fingerprint density at radius 3 is 3.00 bits per heavy atom. The Morgan fingerprint density at radius 1 is 1.50 bits per heavy atom. The Balaban J connectivity index is 1.54. The van der Waals surface area contributed by atoms with E-state index in [9.17, 15) is 9.90 Å². The van der Waals surface area contributed by atoms with Crippen LogP contribution in [0.2, 0.25) is 0 Å². The van der Waals surface area contributed by atoms with Crippen molar-refractivity contribution in [1.29, 1.82) is 0 Å². The second-order valence-electron chi connectivity index (χ2n) is 4.82. The van der Waals surface area contributed by atoms with E-state index in [1.54, 1.807) is 11.2 Å². The summed E-state index contributed by atoms with van der Waals surface area (Å²) in [6, 6.07) is 0.534. The average Bonchev–Trinajstić information content (AvgIpc) is 2.94. The van der Waals surface area contributed by atoms with Gasteiger partial charge in [0.05, 0.1) is 11.9 Å². The molecule has 1 saturated heterocycles. The Hall–Kier alpha value is -1.08. The minimum atomic E-state index is -0.353. The quantitative estimate of drug-likeness (QED) is 0.795. The fourth-order valence-electron chi connectivity index (χ4n) is 2.12. The number of hydrogen-bond acceptors (Lipinski definition) is 5. The van der Waals surface area contributed by atoms with Gasteiger partial charge in [0.25, 0.3) is 0 Å². The molecule has 1 aliphatic carbocycles. The molecule has 1 amide bonds. The number of carbonyl (C=O) groups excluding carboxylic acids is 1. The maximum atomic E-state index is 11.9. The van der Waals surface area contributed by atoms with E-state index in [0.29, 0.717) is 31.3 Å². The lowest BCUT2D eigenvalue weighted by atomic mass is 10.3. The predicted molar refractivity (Wildman–Crippen MR) is 66.2 cm³/mol. The van der Waals surface area contributed by atoms with Gasteiger partial charge in [0, 0.05) is 19.1 Å². The Bertz CT molecular complexity index is 446. The first-order chi connectivity index (χ1) is 8.74. The normalized spacial score (nSPS) is 23.6. The number of thioether (sulfide) groups is 1. The highest BCUT2D eigenvalue weighted by molar-refractivity contribution is 7.99. The minimum absolute atomic E-state index is 0.0712. The number of β-amino-alcohol motifs (C(OH)–C–C–N with tert-alkyl or cyclic N) is 1. The molecular weight excluding hydrogens is 252 g/mol. The molecule has 3 rings (SSSR count). The van der Waals surface area contributed by atoms with Gasteiger partial charge in [0.1, 0.15) is 6.33 Å². The van der Waals surface area contributed by atoms with Crippen LogP contribution in [0.5, 0.6) is 0 Å². The van der Waals surface area contributed by atoms with Crippen LogP contribution in [0, 0.1) is 0 Å². The minimum Gasteiger partial charge on any atom is -0.391 e. The van der Waals surface area contributed by atoms with Crippen LogP contribution in [-0.4, -0.2) is 55.6 Å². The predicted octanol–water partition coefficient (Wildman–Crippen LogP) is 0.298. The average molecular weight is 268 g/mol. The molecule has 2 aliphatic rings. The van der Waals surface area contributed by atoms with Crippen LogP contribution in [0.25, 0.3) is 0 Å². The summed E-state index contributed by atoms with van der Waals surface area (Å²) in [5.41, 5.74) is 0. The SMILES string of the molecule is O=C(CSc1nncn1C1CC1)N1CC[C@@H](O)C1. The van der Waals surface area contributed by atoms with Crippen molar-refractivity contribution >= 4 is 17.7 Å². The molecule has 1 N–H and O–H groups in total. The fraction of sp³-hybridized carbons (Fsp3) is 0.727. The van der Waals surface area contributed by atoms with Crippen molar-refractivity contribution in [2.24, 2.45) is 0 Å². The number of carbonyl (C=O) groups is 1. The highest BCUT2D eigenvalue weighted by Gasteiger charge is 2.28. The van der Waals surface area contributed by atoms with Crippen LogP contribution in [0.1, 0.15) is 25.3 Å². The van der Waals surface area contributed by atoms with E-state index in [1.165, 1.54) is 24.6 Å². The number of aliphatic hydroxyl groups is 1. The number of rotatable bonds is 4. The van der Waals surface area contributed by atoms with Gasteiger partial charge in [-0.3, -0.25) is 4.79 Å². The van der Waals surface area contributed by atoms with E-state index >= 15 is 0 Å². The summed E-state index contributed by atoms with van der Waals surface area (Å²) in [4.78, 5) is 13.6. The second kappa shape index (κ2) is 4.89. The summed E-state index contributed by atoms with van der Waals surface area (Å²) in [6.45, 7) is 1.13. The van der Waals surface area contributed by atoms with Gasteiger partial charge in [-0.2, -0.15) is 0 Å². The number of hydrogen-bond donors (Lipinski definition) is 1. The summed E-state index contributed by atoms with van der Waals surface area (Å²) in [7, 11) is 0. The third-order valence-corrected chi connectivity index (χ3v) is 4.26. The van der Waals surface area contributed by atoms with Crippen LogP contribution in [-0.2, 0) is 4.79 Å². The van der Waals surface area contributed by atoms with Gasteiger partial charge in [0.15, 0.2) is 5.16 Å². The topological polar surface area (TPSA) is 71.2 Å². The molecule has 7 heteroatoms. The van der Waals surface area contributed by atoms with Crippen molar-refractivity contribution in [2.75, 3.05) is 18.8 Å². The third kappa shape index (κ3) is 2.51. The van der Waals surface area contributed by atoms with E-state index in [-0.39, 0.29) is 12.0 Å². The molecule has 0 spiro atoms. The van der Waals surface area contributed by atoms with Gasteiger partial charge in [-0.1, -0.05) is 11.8 Å². The lowest BCUT2D eigenvalue weighted by molar-refractivity contribution is -0.127. The van der Waals surface area contributed by atoms with Gasteiger partial charge >= 0.3 is 0 Å². The molecule has 1 aliphatic heterocycles. The van der Waals surface area contributed by atoms with Gasteiger partial charge in [-0.05, 0) is 19.3 Å². The maximum absolute atomic E-state index is 11.9. The third-order valence-electron chi connectivity index (χ3n) is 3.32. The first kappa shape index (κ1) is 12.0. The smallest absolute Gasteiger partial charge is 0.233 e. The van der Waals surface area contributed by atoms with Gasteiger partial charge in [-0.15, -0.1) is 10.2 Å². The molecule has 0 aromatic carbocycles. The van der Waals surface area contributed by atoms with E-state index in [2.05, 4.69) is 14.8 Å². The number of amides is 1. The van der Waals surface area contributed by atoms with Crippen molar-refractivity contribution in [1.82, 2.24) is 19.7 Å². The van der Waals surface area contributed by atoms with Crippen molar-refractivity contribution in [3.8, 4) is 0 Å². The molecule has 2 fully saturated rings. The van der Waals surface area contributed by atoms with Crippen LogP contribution in [0.15, 0.2) is 11.5 Å². The van der Waals surface area contributed by atoms with Crippen LogP contribution < -0.4 is 0 Å². The molecule has 0 unspecified atom stereocenters. The number of nitrogens with zero attached hydrogens (tertiary/aromatic N) is 4. The zero-order chi connectivity index (χ0) is 12.5. The maximum Gasteiger partial charge on any atom is 0.233 e. The van der Waals surface area contributed by atoms with Gasteiger partial charge in [0.2, 0.25) is 5.91 Å². The Kier molecular flexibility index (Phi) is 3.25. The van der Waals surface area contributed by atoms with Crippen molar-refractivity contribution in [3.05, 3.63) is 6.33 Å². The summed E-state index contributed by atoms with van der Waals surface area (Å²) < 4.78 is 2.05. The zero-order valence-corrected chi connectivity index (χ0v) is 10.8. The summed E-state index contributed by atoms with van der Waals surface area (Å²) >= 11 is 1.43. The van der Waals surface area contributed by atoms with Crippen molar-refractivity contribution < 1.29 is 9.90 Å². The monoisotopic (exact) mass is 268 g/mol. The van der Waals surface area contributed by atoms with E-state index in [4.69, 9.17) is 0 Å². The number of aliphatic hydroxyl groups excluding tert-OH is 1. The second-order valence-corrected chi connectivity index (χ2v) is 5.77. The molecule has 98 valence electrons. The Labute approximate surface area is 109 Å². The summed E-state index contributed by atoms with van der Waals surface area (Å²) in [5, 5.41) is 18.2. The summed E-state index contributed by atoms with van der Waals surface area (Å²) in [5.74, 6) is 0.444. The number of likely N-dealkylation sites (tertiary alicyclic amines) is 1. The molecule has 2 heterocycles. The largest absolute Gasteiger partial charge is 0.391 e. The van der Waals surface area contributed by atoms with Crippen molar-refractivity contribution in [3.63, 3.8) is 0 Å². The highest BCUT2D eigenvalue weighted by Crippen LogP contribution is 2.37. The van der Waals surface area contributed by atoms with Gasteiger partial charge < -0.3 is 14.6 Å². The molecule has 6 nitrogen and oxygen atoms in total. The molecule has 1 aromatic heterocycles. The van der Waals surface area contributed by atoms with E-state index in [1.807, 2.05) is 0 Å². The number of aromatic nitrogens is 3. The van der Waals surface area contributed by atoms with Crippen LogP contribution in [0.4, 0.5) is 0 Å². The van der Waals surface area contributed by atoms with Crippen LogP contribution in [0.3, 0.4) is 0 Å². The van der Waals surface area contributed by atoms with Crippen molar-refractivity contribution in [2.45, 2.75) is 36.6 Å². The molecular formula is C11H16N4O2S. The fourth-order valence-corrected chi connectivity index (χ4v) is 3.01. The highest BCUT2D eigenvalue weighted by atomic mass is 32.2. The molecule has 1 aromatic rings. The molecule has 0 bridgehead atoms. The molecule has 0 radical (unpaired) electrons. The van der Waals surface area contributed by atoms with Crippen LogP contribution >= 0.6 is 11.8 Å². The van der Waals surface area contributed by atoms with E-state index < -0.39 is 0 Å². The standard InChI is InChI=1S/C11H16N4O2S/c16-9-3-4-14(5-9)10(17)6-18-11-13-12-7-15(11)8-1-2-8/h7-9,16H,1-6H2/t9-/m1/s1. The summed E-state index contributed by atoms with van der Waals surface area (Å²) in [6.07, 6.45) is 4.43. The van der Waals surface area contributed by atoms with E-state index in [0.717, 1.165) is 5.16 Å². The zero-order valence-electron chi connectivity index (χ0n) is 10.0. The lowest BCUT2D eigenvalue weighted by Gasteiger charge is -2.14. The Morgan fingerprint density at radius 2 is 2.33 bits per heavy atom.